The summed E-state index contributed by atoms with van der Waals surface area (Å²) in [6.07, 6.45) is 2.17. The maximum atomic E-state index is 13.6. The van der Waals surface area contributed by atoms with Crippen LogP contribution in [0.4, 0.5) is 0 Å². The Kier molecular flexibility index (Phi) is 10.8. The smallest absolute Gasteiger partial charge is 0.247 e. The number of nitrogens with zero attached hydrogens (tertiary/aromatic N) is 1. The number of halogens is 1. The molecule has 1 heterocycles. The van der Waals surface area contributed by atoms with E-state index in [4.69, 9.17) is 18.9 Å². The van der Waals surface area contributed by atoms with E-state index in [-0.39, 0.29) is 62.3 Å². The molecular formula is C30H33IN2O9. The molecule has 0 spiro atoms. The van der Waals surface area contributed by atoms with Crippen molar-refractivity contribution in [2.75, 3.05) is 27.1 Å². The first-order chi connectivity index (χ1) is 20.3. The van der Waals surface area contributed by atoms with Crippen molar-refractivity contribution in [1.29, 1.82) is 0 Å². The average molecular weight is 693 g/mol. The molecule has 0 unspecified atom stereocenters. The highest BCUT2D eigenvalue weighted by Crippen LogP contribution is 2.38. The van der Waals surface area contributed by atoms with Crippen molar-refractivity contribution in [1.82, 2.24) is 10.2 Å². The molecule has 0 fully saturated rings. The zero-order valence-electron chi connectivity index (χ0n) is 23.1. The Balaban J connectivity index is 1.72. The Morgan fingerprint density at radius 2 is 2.02 bits per heavy atom. The van der Waals surface area contributed by atoms with Crippen LogP contribution in [0.15, 0.2) is 54.6 Å². The number of aliphatic hydroxyl groups excluding tert-OH is 2. The second kappa shape index (κ2) is 14.5. The van der Waals surface area contributed by atoms with Gasteiger partial charge >= 0.3 is 0 Å². The molecule has 2 aromatic rings. The van der Waals surface area contributed by atoms with Crippen LogP contribution in [0.25, 0.3) is 0 Å². The number of hydrogen-bond donors (Lipinski definition) is 3. The van der Waals surface area contributed by atoms with Gasteiger partial charge in [-0.1, -0.05) is 12.1 Å². The minimum Gasteiger partial charge on any atom is -0.493 e. The molecule has 2 amide bonds. The van der Waals surface area contributed by atoms with Crippen LogP contribution in [0.2, 0.25) is 0 Å². The van der Waals surface area contributed by atoms with Crippen molar-refractivity contribution in [3.05, 3.63) is 69.3 Å². The number of aldehydes is 1. The van der Waals surface area contributed by atoms with Gasteiger partial charge < -0.3 is 39.4 Å². The molecule has 2 aliphatic rings. The minimum absolute atomic E-state index is 0.0347. The molecule has 0 radical (unpaired) electrons. The van der Waals surface area contributed by atoms with Crippen molar-refractivity contribution in [3.63, 3.8) is 0 Å². The molecule has 1 aliphatic carbocycles. The first-order valence-electron chi connectivity index (χ1n) is 13.4. The third kappa shape index (κ3) is 7.23. The monoisotopic (exact) mass is 692 g/mol. The largest absolute Gasteiger partial charge is 0.493 e. The van der Waals surface area contributed by atoms with Crippen molar-refractivity contribution < 1.29 is 43.5 Å². The van der Waals surface area contributed by atoms with E-state index in [2.05, 4.69) is 11.9 Å². The number of ether oxygens (including phenoxy) is 4. The van der Waals surface area contributed by atoms with E-state index < -0.39 is 24.2 Å². The summed E-state index contributed by atoms with van der Waals surface area (Å²) in [5.74, 6) is 1.02. The maximum Gasteiger partial charge on any atom is 0.247 e. The Hall–Kier alpha value is -3.62. The number of fused-ring (bicyclic) bond motifs is 1. The summed E-state index contributed by atoms with van der Waals surface area (Å²) in [4.78, 5) is 39.6. The van der Waals surface area contributed by atoms with Gasteiger partial charge in [0.2, 0.25) is 18.6 Å². The van der Waals surface area contributed by atoms with Gasteiger partial charge in [0.25, 0.3) is 0 Å². The van der Waals surface area contributed by atoms with Crippen molar-refractivity contribution in [3.8, 4) is 23.0 Å². The van der Waals surface area contributed by atoms with E-state index in [1.807, 2.05) is 28.7 Å². The molecule has 42 heavy (non-hydrogen) atoms. The van der Waals surface area contributed by atoms with Crippen LogP contribution in [0.5, 0.6) is 23.0 Å². The lowest BCUT2D eigenvalue weighted by Gasteiger charge is -2.40. The molecule has 224 valence electrons. The van der Waals surface area contributed by atoms with Crippen LogP contribution < -0.4 is 24.3 Å². The van der Waals surface area contributed by atoms with Gasteiger partial charge in [-0.15, -0.1) is 6.58 Å². The first-order valence-corrected chi connectivity index (χ1v) is 14.4. The lowest BCUT2D eigenvalue weighted by molar-refractivity contribution is -0.139. The zero-order valence-corrected chi connectivity index (χ0v) is 25.2. The highest BCUT2D eigenvalue weighted by Gasteiger charge is 2.41. The molecular weight excluding hydrogens is 659 g/mol. The third-order valence-electron chi connectivity index (χ3n) is 6.93. The van der Waals surface area contributed by atoms with Gasteiger partial charge in [-0.25, -0.2) is 0 Å². The standard InChI is InChI=1S/C30H33IN2O9/c1-3-4-5-27(36)33(15-18-6-7-23-24(11-18)41-17-40-23)22-13-20(30(38)32-8-9-34)14-25(28(22)37)42-29-21(31)10-19(16-35)12-26(29)39-2/h3,6-7,10-12,14,16,22,25,28,34,37H,1,4-5,8-9,13,15,17H2,2H3,(H,32,38)/t22-,25+,28+/m1/s1. The van der Waals surface area contributed by atoms with E-state index in [0.717, 1.165) is 5.56 Å². The van der Waals surface area contributed by atoms with Crippen LogP contribution in [0.3, 0.4) is 0 Å². The van der Waals surface area contributed by atoms with E-state index >= 15 is 0 Å². The van der Waals surface area contributed by atoms with E-state index in [0.29, 0.717) is 33.3 Å². The topological polar surface area (TPSA) is 144 Å². The van der Waals surface area contributed by atoms with Crippen LogP contribution in [0, 0.1) is 3.57 Å². The lowest BCUT2D eigenvalue weighted by Crippen LogP contribution is -2.54. The number of methoxy groups -OCH3 is 1. The number of amides is 2. The molecule has 0 aromatic heterocycles. The van der Waals surface area contributed by atoms with Gasteiger partial charge in [-0.3, -0.25) is 14.4 Å². The Labute approximate surface area is 257 Å². The first kappa shape index (κ1) is 31.3. The number of aliphatic hydroxyl groups is 2. The third-order valence-corrected chi connectivity index (χ3v) is 7.73. The molecule has 12 heteroatoms. The van der Waals surface area contributed by atoms with Gasteiger partial charge in [0, 0.05) is 37.1 Å². The van der Waals surface area contributed by atoms with E-state index in [9.17, 15) is 24.6 Å². The molecule has 1 aliphatic heterocycles. The van der Waals surface area contributed by atoms with Gasteiger partial charge in [0.15, 0.2) is 23.0 Å². The summed E-state index contributed by atoms with van der Waals surface area (Å²) in [6.45, 7) is 3.73. The molecule has 4 rings (SSSR count). The lowest BCUT2D eigenvalue weighted by atomic mass is 9.87. The number of allylic oxidation sites excluding steroid dienone is 1. The molecule has 0 saturated carbocycles. The van der Waals surface area contributed by atoms with Crippen molar-refractivity contribution >= 4 is 40.7 Å². The Morgan fingerprint density at radius 3 is 2.74 bits per heavy atom. The Bertz CT molecular complexity index is 1360. The highest BCUT2D eigenvalue weighted by atomic mass is 127. The molecule has 0 saturated heterocycles. The van der Waals surface area contributed by atoms with Crippen LogP contribution >= 0.6 is 22.6 Å². The quantitative estimate of drug-likeness (QED) is 0.164. The molecule has 3 N–H and O–H groups in total. The maximum absolute atomic E-state index is 13.6. The second-order valence-corrected chi connectivity index (χ2v) is 10.9. The van der Waals surface area contributed by atoms with Gasteiger partial charge in [-0.2, -0.15) is 0 Å². The van der Waals surface area contributed by atoms with Gasteiger partial charge in [-0.05, 0) is 64.9 Å². The number of nitrogens with one attached hydrogen (secondary N) is 1. The number of carbonyl (C=O) groups excluding carboxylic acids is 3. The molecule has 3 atom stereocenters. The predicted octanol–water partition coefficient (Wildman–Crippen LogP) is 2.75. The zero-order chi connectivity index (χ0) is 30.2. The normalized spacial score (nSPS) is 19.0. The van der Waals surface area contributed by atoms with Gasteiger partial charge in [0.05, 0.1) is 23.3 Å². The summed E-state index contributed by atoms with van der Waals surface area (Å²) in [5, 5.41) is 23.6. The number of hydrogen-bond acceptors (Lipinski definition) is 9. The second-order valence-electron chi connectivity index (χ2n) is 9.70. The fourth-order valence-corrected chi connectivity index (χ4v) is 5.59. The number of rotatable bonds is 13. The molecule has 11 nitrogen and oxygen atoms in total. The summed E-state index contributed by atoms with van der Waals surface area (Å²) >= 11 is 2.00. The van der Waals surface area contributed by atoms with Crippen LogP contribution in [-0.4, -0.2) is 78.5 Å². The summed E-state index contributed by atoms with van der Waals surface area (Å²) < 4.78 is 23.2. The van der Waals surface area contributed by atoms with E-state index in [1.165, 1.54) is 19.3 Å². The average Bonchev–Trinajstić information content (AvgIpc) is 3.47. The Morgan fingerprint density at radius 1 is 1.24 bits per heavy atom. The number of benzene rings is 2. The molecule has 2 aromatic carbocycles. The predicted molar refractivity (Wildman–Crippen MR) is 161 cm³/mol. The summed E-state index contributed by atoms with van der Waals surface area (Å²) in [7, 11) is 1.43. The van der Waals surface area contributed by atoms with Crippen molar-refractivity contribution in [2.45, 2.75) is 44.1 Å². The minimum atomic E-state index is -1.24. The summed E-state index contributed by atoms with van der Waals surface area (Å²) in [5.41, 5.74) is 1.42. The SMILES string of the molecule is C=CCCC(=O)N(Cc1ccc2c(c1)OCO2)[C@@H]1CC(C(=O)NCCO)=C[C@H](Oc2c(I)cc(C=O)cc2OC)[C@H]1O. The van der Waals surface area contributed by atoms with E-state index in [1.54, 1.807) is 29.2 Å². The fraction of sp³-hybridized carbons (Fsp3) is 0.367. The van der Waals surface area contributed by atoms with Gasteiger partial charge in [0.1, 0.15) is 18.5 Å². The molecule has 0 bridgehead atoms. The van der Waals surface area contributed by atoms with Crippen molar-refractivity contribution in [2.24, 2.45) is 0 Å². The fourth-order valence-electron chi connectivity index (χ4n) is 4.83. The number of carbonyl (C=O) groups is 3. The van der Waals surface area contributed by atoms with Crippen LogP contribution in [0.1, 0.15) is 35.2 Å². The highest BCUT2D eigenvalue weighted by molar-refractivity contribution is 14.1. The van der Waals surface area contributed by atoms with Crippen LogP contribution in [-0.2, 0) is 16.1 Å². The summed E-state index contributed by atoms with van der Waals surface area (Å²) in [6, 6.07) is 7.64.